The summed E-state index contributed by atoms with van der Waals surface area (Å²) in [4.78, 5) is 0. The number of sulfone groups is 1. The zero-order valence-electron chi connectivity index (χ0n) is 13.2. The predicted molar refractivity (Wildman–Crippen MR) is 83.8 cm³/mol. The summed E-state index contributed by atoms with van der Waals surface area (Å²) in [6.45, 7) is 4.37. The molecule has 0 saturated carbocycles. The quantitative estimate of drug-likeness (QED) is 0.886. The van der Waals surface area contributed by atoms with Crippen molar-refractivity contribution < 1.29 is 21.6 Å². The van der Waals surface area contributed by atoms with Crippen LogP contribution in [0.5, 0.6) is 0 Å². The predicted octanol–water partition coefficient (Wildman–Crippen LogP) is 3.43. The molecule has 1 aliphatic heterocycles. The normalized spacial score (nSPS) is 22.4. The third kappa shape index (κ3) is 4.94. The molecule has 130 valence electrons. The van der Waals surface area contributed by atoms with E-state index >= 15 is 0 Å². The summed E-state index contributed by atoms with van der Waals surface area (Å²) >= 11 is 0. The van der Waals surface area contributed by atoms with E-state index in [1.54, 1.807) is 6.07 Å². The van der Waals surface area contributed by atoms with E-state index in [1.165, 1.54) is 12.1 Å². The van der Waals surface area contributed by atoms with Gasteiger partial charge in [0.2, 0.25) is 0 Å². The Morgan fingerprint density at radius 3 is 2.52 bits per heavy atom. The lowest BCUT2D eigenvalue weighted by atomic mass is 9.94. The van der Waals surface area contributed by atoms with Crippen molar-refractivity contribution in [3.05, 3.63) is 35.4 Å². The molecule has 0 radical (unpaired) electrons. The number of hydrogen-bond donors (Lipinski definition) is 1. The first-order valence-electron chi connectivity index (χ1n) is 7.69. The van der Waals surface area contributed by atoms with Crippen molar-refractivity contribution in [2.24, 2.45) is 11.8 Å². The number of hydrogen-bond acceptors (Lipinski definition) is 3. The highest BCUT2D eigenvalue weighted by Gasteiger charge is 2.32. The lowest BCUT2D eigenvalue weighted by Gasteiger charge is -2.25. The first kappa shape index (κ1) is 18.3. The van der Waals surface area contributed by atoms with Crippen LogP contribution in [0, 0.1) is 11.8 Å². The first-order valence-corrected chi connectivity index (χ1v) is 9.51. The highest BCUT2D eigenvalue weighted by molar-refractivity contribution is 7.91. The lowest BCUT2D eigenvalue weighted by molar-refractivity contribution is -0.137. The van der Waals surface area contributed by atoms with Crippen LogP contribution in [0.3, 0.4) is 0 Å². The number of benzene rings is 1. The number of halogens is 3. The van der Waals surface area contributed by atoms with E-state index in [-0.39, 0.29) is 29.4 Å². The molecule has 1 fully saturated rings. The topological polar surface area (TPSA) is 46.2 Å². The minimum atomic E-state index is -4.36. The molecule has 0 amide bonds. The highest BCUT2D eigenvalue weighted by atomic mass is 32.2. The summed E-state index contributed by atoms with van der Waals surface area (Å²) in [5.74, 6) is 0.492. The Morgan fingerprint density at radius 1 is 1.30 bits per heavy atom. The van der Waals surface area contributed by atoms with E-state index in [9.17, 15) is 21.6 Å². The van der Waals surface area contributed by atoms with Gasteiger partial charge in [0.15, 0.2) is 9.84 Å². The molecule has 1 aromatic rings. The van der Waals surface area contributed by atoms with Crippen LogP contribution in [0.15, 0.2) is 24.3 Å². The first-order chi connectivity index (χ1) is 10.6. The molecule has 3 nitrogen and oxygen atoms in total. The molecule has 23 heavy (non-hydrogen) atoms. The number of rotatable bonds is 5. The molecule has 2 atom stereocenters. The standard InChI is InChI=1S/C16H22F3NO2S/c1-11(2)15(20-9-12-6-7-23(21,22)10-12)13-4-3-5-14(8-13)16(17,18)19/h3-5,8,11-12,15,20H,6-7,9-10H2,1-2H3/t12-,15+/m1/s1. The van der Waals surface area contributed by atoms with Crippen molar-refractivity contribution in [3.8, 4) is 0 Å². The second-order valence-corrected chi connectivity index (χ2v) is 8.75. The van der Waals surface area contributed by atoms with Gasteiger partial charge in [0.05, 0.1) is 17.1 Å². The molecule has 7 heteroatoms. The number of nitrogens with one attached hydrogen (secondary N) is 1. The van der Waals surface area contributed by atoms with Crippen LogP contribution < -0.4 is 5.32 Å². The Morgan fingerprint density at radius 2 is 2.00 bits per heavy atom. The van der Waals surface area contributed by atoms with Crippen molar-refractivity contribution >= 4 is 9.84 Å². The van der Waals surface area contributed by atoms with Crippen molar-refractivity contribution in [1.82, 2.24) is 5.32 Å². The van der Waals surface area contributed by atoms with Crippen molar-refractivity contribution in [1.29, 1.82) is 0 Å². The molecule has 2 rings (SSSR count). The maximum absolute atomic E-state index is 12.9. The van der Waals surface area contributed by atoms with Gasteiger partial charge in [0.1, 0.15) is 0 Å². The second-order valence-electron chi connectivity index (χ2n) is 6.52. The van der Waals surface area contributed by atoms with Gasteiger partial charge in [-0.25, -0.2) is 8.42 Å². The zero-order chi connectivity index (χ0) is 17.3. The number of alkyl halides is 3. The fraction of sp³-hybridized carbons (Fsp3) is 0.625. The summed E-state index contributed by atoms with van der Waals surface area (Å²) < 4.78 is 61.6. The third-order valence-corrected chi connectivity index (χ3v) is 6.03. The van der Waals surface area contributed by atoms with E-state index in [2.05, 4.69) is 5.32 Å². The Bertz CT molecular complexity index is 641. The molecular weight excluding hydrogens is 327 g/mol. The lowest BCUT2D eigenvalue weighted by Crippen LogP contribution is -2.31. The molecule has 0 unspecified atom stereocenters. The molecule has 0 bridgehead atoms. The van der Waals surface area contributed by atoms with Crippen LogP contribution in [-0.2, 0) is 16.0 Å². The zero-order valence-corrected chi connectivity index (χ0v) is 14.0. The smallest absolute Gasteiger partial charge is 0.309 e. The summed E-state index contributed by atoms with van der Waals surface area (Å²) in [6.07, 6.45) is -3.75. The molecule has 0 aliphatic carbocycles. The molecule has 1 heterocycles. The average Bonchev–Trinajstić information content (AvgIpc) is 2.77. The van der Waals surface area contributed by atoms with Gasteiger partial charge in [-0.2, -0.15) is 13.2 Å². The minimum Gasteiger partial charge on any atom is -0.309 e. The summed E-state index contributed by atoms with van der Waals surface area (Å²) in [6, 6.07) is 5.08. The van der Waals surface area contributed by atoms with Crippen LogP contribution in [0.25, 0.3) is 0 Å². The molecule has 1 aromatic carbocycles. The van der Waals surface area contributed by atoms with Gasteiger partial charge in [0, 0.05) is 6.04 Å². The van der Waals surface area contributed by atoms with E-state index in [0.717, 1.165) is 6.07 Å². The van der Waals surface area contributed by atoms with E-state index < -0.39 is 21.6 Å². The third-order valence-electron chi connectivity index (χ3n) is 4.19. The van der Waals surface area contributed by atoms with Gasteiger partial charge in [-0.3, -0.25) is 0 Å². The highest BCUT2D eigenvalue weighted by Crippen LogP contribution is 2.32. The van der Waals surface area contributed by atoms with Crippen LogP contribution >= 0.6 is 0 Å². The second kappa shape index (κ2) is 6.81. The largest absolute Gasteiger partial charge is 0.416 e. The molecule has 1 saturated heterocycles. The molecule has 1 N–H and O–H groups in total. The van der Waals surface area contributed by atoms with Crippen molar-refractivity contribution in [2.75, 3.05) is 18.1 Å². The van der Waals surface area contributed by atoms with Gasteiger partial charge in [-0.05, 0) is 42.5 Å². The molecule has 1 aliphatic rings. The molecule has 0 spiro atoms. The average molecular weight is 349 g/mol. The Labute approximate surface area is 135 Å². The summed E-state index contributed by atoms with van der Waals surface area (Å²) in [7, 11) is -2.94. The van der Waals surface area contributed by atoms with Gasteiger partial charge in [-0.1, -0.05) is 26.0 Å². The van der Waals surface area contributed by atoms with E-state index in [0.29, 0.717) is 18.5 Å². The van der Waals surface area contributed by atoms with Crippen LogP contribution in [-0.4, -0.2) is 26.5 Å². The van der Waals surface area contributed by atoms with Gasteiger partial charge in [-0.15, -0.1) is 0 Å². The van der Waals surface area contributed by atoms with Gasteiger partial charge >= 0.3 is 6.18 Å². The molecule has 0 aromatic heterocycles. The van der Waals surface area contributed by atoms with E-state index in [1.807, 2.05) is 13.8 Å². The summed E-state index contributed by atoms with van der Waals surface area (Å²) in [5.41, 5.74) is -0.0819. The fourth-order valence-corrected chi connectivity index (χ4v) is 4.84. The van der Waals surface area contributed by atoms with Crippen molar-refractivity contribution in [2.45, 2.75) is 32.5 Å². The van der Waals surface area contributed by atoms with Gasteiger partial charge < -0.3 is 5.32 Å². The SMILES string of the molecule is CC(C)[C@H](NC[C@H]1CCS(=O)(=O)C1)c1cccc(C(F)(F)F)c1. The van der Waals surface area contributed by atoms with E-state index in [4.69, 9.17) is 0 Å². The van der Waals surface area contributed by atoms with Crippen LogP contribution in [0.2, 0.25) is 0 Å². The fourth-order valence-electron chi connectivity index (χ4n) is 2.97. The minimum absolute atomic E-state index is 0.0343. The maximum atomic E-state index is 12.9. The molecular formula is C16H22F3NO2S. The van der Waals surface area contributed by atoms with Crippen LogP contribution in [0.4, 0.5) is 13.2 Å². The van der Waals surface area contributed by atoms with Gasteiger partial charge in [0.25, 0.3) is 0 Å². The Balaban J connectivity index is 2.10. The summed E-state index contributed by atoms with van der Waals surface area (Å²) in [5, 5.41) is 3.26. The Hall–Kier alpha value is -1.08. The maximum Gasteiger partial charge on any atom is 0.416 e. The van der Waals surface area contributed by atoms with Crippen LogP contribution in [0.1, 0.15) is 37.4 Å². The Kier molecular flexibility index (Phi) is 5.41. The monoisotopic (exact) mass is 349 g/mol. The van der Waals surface area contributed by atoms with Crippen molar-refractivity contribution in [3.63, 3.8) is 0 Å².